The first-order valence-electron chi connectivity index (χ1n) is 11.0. The summed E-state index contributed by atoms with van der Waals surface area (Å²) < 4.78 is 28.7. The summed E-state index contributed by atoms with van der Waals surface area (Å²) in [6.45, 7) is 4.36. The molecule has 2 aliphatic rings. The number of aryl methyl sites for hydroxylation is 1. The molecule has 5 nitrogen and oxygen atoms in total. The zero-order valence-corrected chi connectivity index (χ0v) is 18.8. The fourth-order valence-electron chi connectivity index (χ4n) is 4.40. The van der Waals surface area contributed by atoms with Gasteiger partial charge in [-0.2, -0.15) is 0 Å². The fourth-order valence-corrected chi connectivity index (χ4v) is 4.55. The Morgan fingerprint density at radius 3 is 2.66 bits per heavy atom. The first-order chi connectivity index (χ1) is 15.3. The average Bonchev–Trinajstić information content (AvgIpc) is 3.51. The fraction of sp³-hybridized carbons (Fsp3) is 0.458. The van der Waals surface area contributed by atoms with E-state index in [-0.39, 0.29) is 34.2 Å². The van der Waals surface area contributed by atoms with E-state index in [1.807, 2.05) is 13.8 Å². The lowest BCUT2D eigenvalue weighted by molar-refractivity contribution is -0.125. The summed E-state index contributed by atoms with van der Waals surface area (Å²) in [7, 11) is 0. The highest BCUT2D eigenvalue weighted by atomic mass is 35.5. The van der Waals surface area contributed by atoms with Gasteiger partial charge in [-0.1, -0.05) is 24.9 Å². The Bertz CT molecular complexity index is 1040. The van der Waals surface area contributed by atoms with Crippen LogP contribution in [0.4, 0.5) is 8.78 Å². The van der Waals surface area contributed by atoms with Gasteiger partial charge in [0.2, 0.25) is 5.91 Å². The molecule has 1 aliphatic heterocycles. The van der Waals surface area contributed by atoms with Crippen molar-refractivity contribution in [1.82, 2.24) is 15.2 Å². The van der Waals surface area contributed by atoms with E-state index in [1.54, 1.807) is 23.2 Å². The molecule has 2 fully saturated rings. The zero-order chi connectivity index (χ0) is 23.0. The van der Waals surface area contributed by atoms with Gasteiger partial charge in [0.15, 0.2) is 0 Å². The van der Waals surface area contributed by atoms with Gasteiger partial charge in [-0.05, 0) is 67.9 Å². The van der Waals surface area contributed by atoms with E-state index in [2.05, 4.69) is 10.3 Å². The third-order valence-electron chi connectivity index (χ3n) is 6.43. The number of rotatable bonds is 6. The third kappa shape index (κ3) is 4.63. The Kier molecular flexibility index (Phi) is 6.47. The van der Waals surface area contributed by atoms with Crippen molar-refractivity contribution in [3.8, 4) is 0 Å². The van der Waals surface area contributed by atoms with Crippen LogP contribution in [0.15, 0.2) is 30.5 Å². The van der Waals surface area contributed by atoms with E-state index in [0.29, 0.717) is 18.7 Å². The van der Waals surface area contributed by atoms with Crippen LogP contribution in [0.2, 0.25) is 5.02 Å². The van der Waals surface area contributed by atoms with Crippen molar-refractivity contribution < 1.29 is 18.4 Å². The van der Waals surface area contributed by atoms with Crippen LogP contribution in [0.5, 0.6) is 0 Å². The molecule has 1 saturated carbocycles. The average molecular weight is 462 g/mol. The maximum Gasteiger partial charge on any atom is 0.273 e. The number of nitrogens with one attached hydrogen (secondary N) is 1. The molecule has 0 spiro atoms. The number of amides is 2. The first-order valence-corrected chi connectivity index (χ1v) is 11.3. The monoisotopic (exact) mass is 461 g/mol. The highest BCUT2D eigenvalue weighted by molar-refractivity contribution is 6.30. The van der Waals surface area contributed by atoms with Crippen LogP contribution >= 0.6 is 11.6 Å². The number of likely N-dealkylation sites (tertiary alicyclic amines) is 1. The molecule has 3 atom stereocenters. The molecule has 2 aromatic rings. The lowest BCUT2D eigenvalue weighted by atomic mass is 9.99. The number of hydrogen-bond acceptors (Lipinski definition) is 3. The molecule has 4 rings (SSSR count). The van der Waals surface area contributed by atoms with Crippen LogP contribution in [0.3, 0.4) is 0 Å². The van der Waals surface area contributed by atoms with Crippen molar-refractivity contribution in [3.05, 3.63) is 63.9 Å². The minimum absolute atomic E-state index is 0.0278. The molecule has 0 radical (unpaired) electrons. The highest BCUT2D eigenvalue weighted by Gasteiger charge is 2.42. The Hall–Kier alpha value is -2.54. The number of carbonyl (C=O) groups excluding carboxylic acids is 2. The van der Waals surface area contributed by atoms with Crippen molar-refractivity contribution in [2.75, 3.05) is 6.54 Å². The lowest BCUT2D eigenvalue weighted by Gasteiger charge is -2.27. The molecule has 2 heterocycles. The second-order valence-electron chi connectivity index (χ2n) is 8.81. The molecular weight excluding hydrogens is 436 g/mol. The molecule has 170 valence electrons. The van der Waals surface area contributed by atoms with Gasteiger partial charge in [-0.15, -0.1) is 0 Å². The van der Waals surface area contributed by atoms with Crippen LogP contribution in [-0.2, 0) is 4.79 Å². The van der Waals surface area contributed by atoms with Crippen molar-refractivity contribution >= 4 is 23.4 Å². The van der Waals surface area contributed by atoms with Crippen molar-refractivity contribution in [1.29, 1.82) is 0 Å². The normalized spacial score (nSPS) is 21.5. The number of pyridine rings is 1. The Morgan fingerprint density at radius 1 is 1.25 bits per heavy atom. The summed E-state index contributed by atoms with van der Waals surface area (Å²) in [5.41, 5.74) is 1.29. The van der Waals surface area contributed by atoms with Gasteiger partial charge in [-0.25, -0.2) is 8.78 Å². The van der Waals surface area contributed by atoms with Crippen molar-refractivity contribution in [2.24, 2.45) is 11.8 Å². The first kappa shape index (κ1) is 22.6. The molecule has 32 heavy (non-hydrogen) atoms. The summed E-state index contributed by atoms with van der Waals surface area (Å²) >= 11 is 5.70. The number of aromatic nitrogens is 1. The summed E-state index contributed by atoms with van der Waals surface area (Å²) in [6, 6.07) is 4.16. The van der Waals surface area contributed by atoms with E-state index in [4.69, 9.17) is 11.6 Å². The maximum absolute atomic E-state index is 14.6. The molecule has 1 aliphatic carbocycles. The maximum atomic E-state index is 14.6. The number of hydrogen-bond donors (Lipinski definition) is 1. The predicted molar refractivity (Wildman–Crippen MR) is 117 cm³/mol. The van der Waals surface area contributed by atoms with E-state index < -0.39 is 23.7 Å². The molecule has 8 heteroatoms. The molecule has 1 unspecified atom stereocenters. The van der Waals surface area contributed by atoms with Gasteiger partial charge in [0, 0.05) is 18.3 Å². The summed E-state index contributed by atoms with van der Waals surface area (Å²) in [4.78, 5) is 32.2. The van der Waals surface area contributed by atoms with E-state index in [9.17, 15) is 18.4 Å². The topological polar surface area (TPSA) is 62.3 Å². The Labute approximate surface area is 191 Å². The standard InChI is InChI=1S/C24H26ClF2N3O2/c1-3-14-9-21(30(12-14)24(32)20-8-13(2)6-7-28-20)23(31)29-22(15-4-5-15)16-10-19(27)17(25)11-18(16)26/h6-8,10-11,14-15,21-22H,3-5,9,12H2,1-2H3,(H,29,31)/t14-,21-,22?/m1/s1. The van der Waals surface area contributed by atoms with Crippen LogP contribution < -0.4 is 5.32 Å². The van der Waals surface area contributed by atoms with Crippen LogP contribution in [0.1, 0.15) is 60.3 Å². The van der Waals surface area contributed by atoms with E-state index >= 15 is 0 Å². The van der Waals surface area contributed by atoms with Gasteiger partial charge in [0.25, 0.3) is 5.91 Å². The van der Waals surface area contributed by atoms with Gasteiger partial charge < -0.3 is 10.2 Å². The summed E-state index contributed by atoms with van der Waals surface area (Å²) in [5, 5.41) is 2.62. The van der Waals surface area contributed by atoms with Crippen LogP contribution in [0, 0.1) is 30.4 Å². The van der Waals surface area contributed by atoms with Crippen molar-refractivity contribution in [2.45, 2.75) is 51.6 Å². The summed E-state index contributed by atoms with van der Waals surface area (Å²) in [6.07, 6.45) is 4.55. The van der Waals surface area contributed by atoms with Gasteiger partial charge in [0.1, 0.15) is 23.4 Å². The minimum atomic E-state index is -0.725. The predicted octanol–water partition coefficient (Wildman–Crippen LogP) is 4.83. The number of nitrogens with zero attached hydrogens (tertiary/aromatic N) is 2. The van der Waals surface area contributed by atoms with E-state index in [0.717, 1.165) is 37.0 Å². The van der Waals surface area contributed by atoms with Crippen LogP contribution in [-0.4, -0.2) is 34.3 Å². The summed E-state index contributed by atoms with van der Waals surface area (Å²) in [5.74, 6) is -1.81. The Morgan fingerprint density at radius 2 is 2.00 bits per heavy atom. The zero-order valence-electron chi connectivity index (χ0n) is 18.1. The SMILES string of the molecule is CC[C@@H]1C[C@H](C(=O)NC(c2cc(F)c(Cl)cc2F)C2CC2)N(C(=O)c2cc(C)ccn2)C1. The van der Waals surface area contributed by atoms with Crippen molar-refractivity contribution in [3.63, 3.8) is 0 Å². The van der Waals surface area contributed by atoms with E-state index in [1.165, 1.54) is 0 Å². The number of benzene rings is 1. The molecular formula is C24H26ClF2N3O2. The van der Waals surface area contributed by atoms with Gasteiger partial charge in [-0.3, -0.25) is 14.6 Å². The largest absolute Gasteiger partial charge is 0.347 e. The molecule has 1 aromatic carbocycles. The van der Waals surface area contributed by atoms with Gasteiger partial charge >= 0.3 is 0 Å². The second kappa shape index (κ2) is 9.14. The molecule has 0 bridgehead atoms. The molecule has 1 N–H and O–H groups in total. The highest BCUT2D eigenvalue weighted by Crippen LogP contribution is 2.43. The quantitative estimate of drug-likeness (QED) is 0.627. The lowest BCUT2D eigenvalue weighted by Crippen LogP contribution is -2.47. The molecule has 2 amide bonds. The number of halogens is 3. The Balaban J connectivity index is 1.58. The smallest absolute Gasteiger partial charge is 0.273 e. The molecule has 1 aromatic heterocycles. The minimum Gasteiger partial charge on any atom is -0.347 e. The second-order valence-corrected chi connectivity index (χ2v) is 9.22. The van der Waals surface area contributed by atoms with Gasteiger partial charge in [0.05, 0.1) is 11.1 Å². The third-order valence-corrected chi connectivity index (χ3v) is 6.72. The number of carbonyl (C=O) groups is 2. The molecule has 1 saturated heterocycles. The van der Waals surface area contributed by atoms with Crippen LogP contribution in [0.25, 0.3) is 0 Å².